The molecule has 0 bridgehead atoms. The second kappa shape index (κ2) is 6.31. The summed E-state index contributed by atoms with van der Waals surface area (Å²) in [6.07, 6.45) is 2.46. The van der Waals surface area contributed by atoms with Gasteiger partial charge in [0.05, 0.1) is 0 Å². The Morgan fingerprint density at radius 1 is 1.10 bits per heavy atom. The third kappa shape index (κ3) is 3.11. The normalized spacial score (nSPS) is 15.6. The second-order valence-electron chi connectivity index (χ2n) is 6.03. The average Bonchev–Trinajstić information content (AvgIpc) is 2.55. The Kier molecular flexibility index (Phi) is 4.26. The van der Waals surface area contributed by atoms with E-state index >= 15 is 0 Å². The highest BCUT2D eigenvalue weighted by Crippen LogP contribution is 2.28. The van der Waals surface area contributed by atoms with Gasteiger partial charge in [-0.15, -0.1) is 0 Å². The van der Waals surface area contributed by atoms with Crippen molar-refractivity contribution in [2.24, 2.45) is 5.73 Å². The van der Waals surface area contributed by atoms with Crippen LogP contribution in [0.4, 0.5) is 5.69 Å². The highest BCUT2D eigenvalue weighted by Gasteiger charge is 2.16. The molecule has 0 saturated heterocycles. The topological polar surface area (TPSA) is 29.3 Å². The lowest BCUT2D eigenvalue weighted by Crippen LogP contribution is -2.28. The van der Waals surface area contributed by atoms with Gasteiger partial charge < -0.3 is 10.6 Å². The average molecular weight is 280 g/mol. The Hall–Kier alpha value is -1.80. The van der Waals surface area contributed by atoms with Crippen LogP contribution in [0.25, 0.3) is 0 Å². The molecule has 1 atom stereocenters. The molecule has 2 aromatic carbocycles. The van der Waals surface area contributed by atoms with E-state index in [1.54, 1.807) is 0 Å². The zero-order valence-corrected chi connectivity index (χ0v) is 12.8. The fraction of sp³-hybridized carbons (Fsp3) is 0.368. The molecule has 0 saturated carbocycles. The van der Waals surface area contributed by atoms with Gasteiger partial charge in [-0.05, 0) is 48.1 Å². The molecule has 110 valence electrons. The molecule has 0 spiro atoms. The molecule has 0 radical (unpaired) electrons. The molecule has 0 aromatic heterocycles. The van der Waals surface area contributed by atoms with Crippen LogP contribution >= 0.6 is 0 Å². The Bertz CT molecular complexity index is 589. The quantitative estimate of drug-likeness (QED) is 0.925. The maximum absolute atomic E-state index is 5.74. The van der Waals surface area contributed by atoms with E-state index < -0.39 is 0 Å². The molecule has 2 heteroatoms. The van der Waals surface area contributed by atoms with Gasteiger partial charge in [-0.1, -0.05) is 49.4 Å². The summed E-state index contributed by atoms with van der Waals surface area (Å²) in [5.74, 6) is 0.440. The van der Waals surface area contributed by atoms with Crippen LogP contribution in [0.15, 0.2) is 48.5 Å². The highest BCUT2D eigenvalue weighted by molar-refractivity contribution is 5.55. The first-order valence-corrected chi connectivity index (χ1v) is 7.89. The van der Waals surface area contributed by atoms with E-state index in [1.807, 2.05) is 0 Å². The van der Waals surface area contributed by atoms with Gasteiger partial charge in [0.25, 0.3) is 0 Å². The molecule has 0 fully saturated rings. The van der Waals surface area contributed by atoms with Crippen molar-refractivity contribution in [3.8, 4) is 0 Å². The third-order valence-corrected chi connectivity index (χ3v) is 4.48. The van der Waals surface area contributed by atoms with Gasteiger partial charge in [-0.25, -0.2) is 0 Å². The van der Waals surface area contributed by atoms with Crippen molar-refractivity contribution in [2.45, 2.75) is 32.2 Å². The second-order valence-corrected chi connectivity index (χ2v) is 6.03. The summed E-state index contributed by atoms with van der Waals surface area (Å²) in [7, 11) is 0. The van der Waals surface area contributed by atoms with Gasteiger partial charge >= 0.3 is 0 Å². The van der Waals surface area contributed by atoms with E-state index in [0.29, 0.717) is 12.5 Å². The van der Waals surface area contributed by atoms with Crippen molar-refractivity contribution in [1.82, 2.24) is 0 Å². The van der Waals surface area contributed by atoms with Crippen LogP contribution < -0.4 is 10.6 Å². The standard InChI is InChI=1S/C19H24N2/c1-15(13-20)17-10-8-16(9-11-17)14-21-12-4-6-18-5-2-3-7-19(18)21/h2-3,5,7-11,15H,4,6,12-14,20H2,1H3. The van der Waals surface area contributed by atoms with Crippen molar-refractivity contribution >= 4 is 5.69 Å². The molecule has 2 nitrogen and oxygen atoms in total. The van der Waals surface area contributed by atoms with E-state index in [9.17, 15) is 0 Å². The van der Waals surface area contributed by atoms with Crippen molar-refractivity contribution in [2.75, 3.05) is 18.0 Å². The number of rotatable bonds is 4. The summed E-state index contributed by atoms with van der Waals surface area (Å²) < 4.78 is 0. The van der Waals surface area contributed by atoms with Crippen LogP contribution in [0.3, 0.4) is 0 Å². The maximum Gasteiger partial charge on any atom is 0.0429 e. The van der Waals surface area contributed by atoms with Gasteiger partial charge in [-0.2, -0.15) is 0 Å². The van der Waals surface area contributed by atoms with Crippen LogP contribution in [0.5, 0.6) is 0 Å². The number of fused-ring (bicyclic) bond motifs is 1. The Morgan fingerprint density at radius 2 is 1.86 bits per heavy atom. The summed E-state index contributed by atoms with van der Waals surface area (Å²) in [4.78, 5) is 2.50. The van der Waals surface area contributed by atoms with E-state index in [2.05, 4.69) is 60.4 Å². The fourth-order valence-corrected chi connectivity index (χ4v) is 3.08. The lowest BCUT2D eigenvalue weighted by molar-refractivity contribution is 0.690. The number of para-hydroxylation sites is 1. The van der Waals surface area contributed by atoms with Crippen molar-refractivity contribution in [1.29, 1.82) is 0 Å². The molecule has 0 aliphatic carbocycles. The number of nitrogens with zero attached hydrogens (tertiary/aromatic N) is 1. The Labute approximate surface area is 127 Å². The first-order valence-electron chi connectivity index (χ1n) is 7.89. The first kappa shape index (κ1) is 14.2. The number of hydrogen-bond donors (Lipinski definition) is 1. The SMILES string of the molecule is CC(CN)c1ccc(CN2CCCc3ccccc32)cc1. The fourth-order valence-electron chi connectivity index (χ4n) is 3.08. The minimum absolute atomic E-state index is 0.440. The van der Waals surface area contributed by atoms with Gasteiger partial charge in [0.1, 0.15) is 0 Å². The largest absolute Gasteiger partial charge is 0.367 e. The molecule has 1 heterocycles. The predicted octanol–water partition coefficient (Wildman–Crippen LogP) is 3.70. The molecule has 0 amide bonds. The van der Waals surface area contributed by atoms with Gasteiger partial charge in [0, 0.05) is 18.8 Å². The molecule has 1 aliphatic heterocycles. The summed E-state index contributed by atoms with van der Waals surface area (Å²) in [5, 5.41) is 0. The summed E-state index contributed by atoms with van der Waals surface area (Å²) in [6.45, 7) is 5.03. The molecule has 1 unspecified atom stereocenters. The minimum Gasteiger partial charge on any atom is -0.367 e. The number of nitrogens with two attached hydrogens (primary N) is 1. The first-order chi connectivity index (χ1) is 10.3. The number of hydrogen-bond acceptors (Lipinski definition) is 2. The summed E-state index contributed by atoms with van der Waals surface area (Å²) >= 11 is 0. The lowest BCUT2D eigenvalue weighted by Gasteiger charge is -2.31. The van der Waals surface area contributed by atoms with Crippen molar-refractivity contribution in [3.05, 3.63) is 65.2 Å². The van der Waals surface area contributed by atoms with Crippen LogP contribution in [0.2, 0.25) is 0 Å². The van der Waals surface area contributed by atoms with Crippen LogP contribution in [-0.2, 0) is 13.0 Å². The van der Waals surface area contributed by atoms with E-state index in [1.165, 1.54) is 35.2 Å². The van der Waals surface area contributed by atoms with Crippen LogP contribution in [0, 0.1) is 0 Å². The Morgan fingerprint density at radius 3 is 2.62 bits per heavy atom. The summed E-state index contributed by atoms with van der Waals surface area (Å²) in [5.41, 5.74) is 11.3. The van der Waals surface area contributed by atoms with Crippen molar-refractivity contribution in [3.63, 3.8) is 0 Å². The predicted molar refractivity (Wildman–Crippen MR) is 89.7 cm³/mol. The van der Waals surface area contributed by atoms with Gasteiger partial charge in [0.15, 0.2) is 0 Å². The zero-order valence-electron chi connectivity index (χ0n) is 12.8. The van der Waals surface area contributed by atoms with E-state index in [-0.39, 0.29) is 0 Å². The Balaban J connectivity index is 1.76. The number of aryl methyl sites for hydroxylation is 1. The summed E-state index contributed by atoms with van der Waals surface area (Å²) in [6, 6.07) is 17.7. The number of benzene rings is 2. The van der Waals surface area contributed by atoms with Crippen LogP contribution in [-0.4, -0.2) is 13.1 Å². The molecule has 2 N–H and O–H groups in total. The molecular weight excluding hydrogens is 256 g/mol. The van der Waals surface area contributed by atoms with Gasteiger partial charge in [0.2, 0.25) is 0 Å². The monoisotopic (exact) mass is 280 g/mol. The van der Waals surface area contributed by atoms with E-state index in [4.69, 9.17) is 5.73 Å². The smallest absolute Gasteiger partial charge is 0.0429 e. The maximum atomic E-state index is 5.74. The van der Waals surface area contributed by atoms with Crippen molar-refractivity contribution < 1.29 is 0 Å². The lowest BCUT2D eigenvalue weighted by atomic mass is 9.98. The molecule has 3 rings (SSSR count). The highest BCUT2D eigenvalue weighted by atomic mass is 15.1. The van der Waals surface area contributed by atoms with Gasteiger partial charge in [-0.3, -0.25) is 0 Å². The van der Waals surface area contributed by atoms with Crippen LogP contribution in [0.1, 0.15) is 36.0 Å². The van der Waals surface area contributed by atoms with E-state index in [0.717, 1.165) is 13.1 Å². The molecule has 21 heavy (non-hydrogen) atoms. The molecule has 2 aromatic rings. The minimum atomic E-state index is 0.440. The molecule has 1 aliphatic rings. The number of anilines is 1. The molecular formula is C19H24N2. The zero-order chi connectivity index (χ0) is 14.7. The third-order valence-electron chi connectivity index (χ3n) is 4.48.